The molecule has 0 bridgehead atoms. The number of hydrogen-bond acceptors (Lipinski definition) is 4. The summed E-state index contributed by atoms with van der Waals surface area (Å²) in [6.07, 6.45) is 1.74. The predicted octanol–water partition coefficient (Wildman–Crippen LogP) is 4.26. The maximum Gasteiger partial charge on any atom is 0.216 e. The standard InChI is InChI=1S/C16H13BrN4OS/c1-22-13-8-6-11(7-9-13)15-19-20-16(23)21(15)18-10-12-4-2-3-5-14(12)17/h2-10H,1H3,(H,20,23)/b18-10+. The molecule has 3 aromatic rings. The first-order chi connectivity index (χ1) is 11.2. The molecule has 0 fully saturated rings. The van der Waals surface area contributed by atoms with Gasteiger partial charge in [-0.3, -0.25) is 0 Å². The second kappa shape index (κ2) is 6.89. The first-order valence-corrected chi connectivity index (χ1v) is 8.00. The van der Waals surface area contributed by atoms with E-state index in [1.54, 1.807) is 18.0 Å². The fraction of sp³-hybridized carbons (Fsp3) is 0.0625. The highest BCUT2D eigenvalue weighted by atomic mass is 79.9. The zero-order valence-electron chi connectivity index (χ0n) is 12.2. The van der Waals surface area contributed by atoms with E-state index >= 15 is 0 Å². The maximum atomic E-state index is 5.26. The number of methoxy groups -OCH3 is 1. The molecule has 2 aromatic carbocycles. The van der Waals surface area contributed by atoms with Crippen molar-refractivity contribution in [2.45, 2.75) is 0 Å². The van der Waals surface area contributed by atoms with Crippen LogP contribution in [0, 0.1) is 4.77 Å². The summed E-state index contributed by atoms with van der Waals surface area (Å²) in [6, 6.07) is 15.4. The SMILES string of the molecule is COc1ccc(-c2n[nH]c(=S)n2/N=C/c2ccccc2Br)cc1. The number of aromatic amines is 1. The second-order valence-electron chi connectivity index (χ2n) is 4.66. The lowest BCUT2D eigenvalue weighted by molar-refractivity contribution is 0.415. The van der Waals surface area contributed by atoms with Gasteiger partial charge in [0.15, 0.2) is 5.82 Å². The van der Waals surface area contributed by atoms with Crippen LogP contribution in [0.2, 0.25) is 0 Å². The van der Waals surface area contributed by atoms with Gasteiger partial charge in [0.25, 0.3) is 0 Å². The van der Waals surface area contributed by atoms with E-state index < -0.39 is 0 Å². The van der Waals surface area contributed by atoms with Gasteiger partial charge in [0.2, 0.25) is 4.77 Å². The molecule has 23 heavy (non-hydrogen) atoms. The molecule has 0 saturated carbocycles. The van der Waals surface area contributed by atoms with Crippen LogP contribution in [0.5, 0.6) is 5.75 Å². The molecule has 0 amide bonds. The number of halogens is 1. The van der Waals surface area contributed by atoms with Gasteiger partial charge in [-0.2, -0.15) is 14.9 Å². The minimum absolute atomic E-state index is 0.430. The van der Waals surface area contributed by atoms with E-state index in [9.17, 15) is 0 Å². The molecule has 1 heterocycles. The molecule has 0 spiro atoms. The van der Waals surface area contributed by atoms with Crippen molar-refractivity contribution in [3.8, 4) is 17.1 Å². The van der Waals surface area contributed by atoms with Crippen molar-refractivity contribution < 1.29 is 4.74 Å². The average molecular weight is 389 g/mol. The number of H-pyrrole nitrogens is 1. The Morgan fingerprint density at radius 1 is 1.22 bits per heavy atom. The van der Waals surface area contributed by atoms with Crippen molar-refractivity contribution in [3.05, 3.63) is 63.3 Å². The molecule has 0 aliphatic carbocycles. The van der Waals surface area contributed by atoms with Gasteiger partial charge in [0.1, 0.15) is 5.75 Å². The van der Waals surface area contributed by atoms with Crippen LogP contribution in [0.25, 0.3) is 11.4 Å². The molecule has 0 aliphatic rings. The number of nitrogens with one attached hydrogen (secondary N) is 1. The average Bonchev–Trinajstić information content (AvgIpc) is 2.95. The molecule has 3 rings (SSSR count). The van der Waals surface area contributed by atoms with Gasteiger partial charge >= 0.3 is 0 Å². The quantitative estimate of drug-likeness (QED) is 0.536. The fourth-order valence-corrected chi connectivity index (χ4v) is 2.59. The Labute approximate surface area is 146 Å². The Morgan fingerprint density at radius 3 is 2.65 bits per heavy atom. The Kier molecular flexibility index (Phi) is 4.68. The van der Waals surface area contributed by atoms with Crippen LogP contribution in [0.4, 0.5) is 0 Å². The minimum Gasteiger partial charge on any atom is -0.497 e. The lowest BCUT2D eigenvalue weighted by Gasteiger charge is -2.03. The van der Waals surface area contributed by atoms with Crippen LogP contribution in [-0.2, 0) is 0 Å². The number of benzene rings is 2. The zero-order chi connectivity index (χ0) is 16.2. The smallest absolute Gasteiger partial charge is 0.216 e. The molecule has 7 heteroatoms. The lowest BCUT2D eigenvalue weighted by atomic mass is 10.2. The van der Waals surface area contributed by atoms with Gasteiger partial charge in [-0.15, -0.1) is 0 Å². The summed E-state index contributed by atoms with van der Waals surface area (Å²) < 4.78 is 8.15. The number of nitrogens with zero attached hydrogens (tertiary/aromatic N) is 3. The highest BCUT2D eigenvalue weighted by Crippen LogP contribution is 2.21. The van der Waals surface area contributed by atoms with Gasteiger partial charge in [-0.25, -0.2) is 5.10 Å². The first-order valence-electron chi connectivity index (χ1n) is 6.80. The summed E-state index contributed by atoms with van der Waals surface area (Å²) in [5.41, 5.74) is 1.85. The summed E-state index contributed by atoms with van der Waals surface area (Å²) in [5.74, 6) is 1.42. The highest BCUT2D eigenvalue weighted by molar-refractivity contribution is 9.10. The summed E-state index contributed by atoms with van der Waals surface area (Å²) in [6.45, 7) is 0. The number of rotatable bonds is 4. The lowest BCUT2D eigenvalue weighted by Crippen LogP contribution is -1.95. The monoisotopic (exact) mass is 388 g/mol. The van der Waals surface area contributed by atoms with E-state index in [4.69, 9.17) is 17.0 Å². The molecular formula is C16H13BrN4OS. The number of hydrogen-bond donors (Lipinski definition) is 1. The largest absolute Gasteiger partial charge is 0.497 e. The molecule has 0 radical (unpaired) electrons. The van der Waals surface area contributed by atoms with Crippen molar-refractivity contribution in [1.29, 1.82) is 0 Å². The normalized spacial score (nSPS) is 11.0. The Balaban J connectivity index is 1.99. The second-order valence-corrected chi connectivity index (χ2v) is 5.90. The molecule has 1 N–H and O–H groups in total. The van der Waals surface area contributed by atoms with Crippen molar-refractivity contribution >= 4 is 34.4 Å². The van der Waals surface area contributed by atoms with Crippen molar-refractivity contribution in [3.63, 3.8) is 0 Å². The van der Waals surface area contributed by atoms with E-state index in [1.165, 1.54) is 0 Å². The van der Waals surface area contributed by atoms with Gasteiger partial charge in [0.05, 0.1) is 13.3 Å². The zero-order valence-corrected chi connectivity index (χ0v) is 14.6. The molecule has 1 aromatic heterocycles. The van der Waals surface area contributed by atoms with Crippen LogP contribution in [-0.4, -0.2) is 28.2 Å². The molecular weight excluding hydrogens is 376 g/mol. The molecule has 5 nitrogen and oxygen atoms in total. The summed E-state index contributed by atoms with van der Waals surface area (Å²) in [7, 11) is 1.63. The third kappa shape index (κ3) is 3.40. The van der Waals surface area contributed by atoms with E-state index in [0.717, 1.165) is 21.3 Å². The molecule has 0 atom stereocenters. The van der Waals surface area contributed by atoms with Crippen LogP contribution in [0.1, 0.15) is 5.56 Å². The van der Waals surface area contributed by atoms with Crippen LogP contribution >= 0.6 is 28.1 Å². The molecule has 116 valence electrons. The fourth-order valence-electron chi connectivity index (χ4n) is 2.03. The van der Waals surface area contributed by atoms with E-state index in [2.05, 4.69) is 31.2 Å². The summed E-state index contributed by atoms with van der Waals surface area (Å²) in [4.78, 5) is 0. The van der Waals surface area contributed by atoms with E-state index in [0.29, 0.717) is 10.6 Å². The Hall–Kier alpha value is -2.25. The third-order valence-corrected chi connectivity index (χ3v) is 4.20. The van der Waals surface area contributed by atoms with Crippen molar-refractivity contribution in [2.75, 3.05) is 7.11 Å². The molecule has 0 saturated heterocycles. The number of aromatic nitrogens is 3. The van der Waals surface area contributed by atoms with Crippen molar-refractivity contribution in [2.24, 2.45) is 5.10 Å². The summed E-state index contributed by atoms with van der Waals surface area (Å²) in [5, 5.41) is 11.5. The van der Waals surface area contributed by atoms with Gasteiger partial charge < -0.3 is 4.74 Å². The Bertz CT molecular complexity index is 899. The summed E-state index contributed by atoms with van der Waals surface area (Å²) >= 11 is 8.76. The van der Waals surface area contributed by atoms with Gasteiger partial charge in [0, 0.05) is 15.6 Å². The van der Waals surface area contributed by atoms with Gasteiger partial charge in [-0.05, 0) is 42.5 Å². The van der Waals surface area contributed by atoms with Crippen molar-refractivity contribution in [1.82, 2.24) is 14.9 Å². The topological polar surface area (TPSA) is 55.2 Å². The number of ether oxygens (including phenoxy) is 1. The van der Waals surface area contributed by atoms with Crippen LogP contribution < -0.4 is 4.74 Å². The molecule has 0 unspecified atom stereocenters. The predicted molar refractivity (Wildman–Crippen MR) is 96.5 cm³/mol. The third-order valence-electron chi connectivity index (χ3n) is 3.22. The minimum atomic E-state index is 0.430. The Morgan fingerprint density at radius 2 is 1.96 bits per heavy atom. The maximum absolute atomic E-state index is 5.26. The molecule has 0 aliphatic heterocycles. The van der Waals surface area contributed by atoms with E-state index in [-0.39, 0.29) is 0 Å². The van der Waals surface area contributed by atoms with Crippen LogP contribution in [0.3, 0.4) is 0 Å². The highest BCUT2D eigenvalue weighted by Gasteiger charge is 2.08. The van der Waals surface area contributed by atoms with E-state index in [1.807, 2.05) is 48.5 Å². The first kappa shape index (κ1) is 15.6. The van der Waals surface area contributed by atoms with Crippen LogP contribution in [0.15, 0.2) is 58.1 Å². The van der Waals surface area contributed by atoms with Gasteiger partial charge in [-0.1, -0.05) is 34.1 Å².